The van der Waals surface area contributed by atoms with Crippen molar-refractivity contribution in [2.24, 2.45) is 0 Å². The maximum absolute atomic E-state index is 12.6. The van der Waals surface area contributed by atoms with Crippen LogP contribution in [-0.4, -0.2) is 14.5 Å². The molecule has 0 aromatic heterocycles. The van der Waals surface area contributed by atoms with Crippen LogP contribution in [0.25, 0.3) is 11.1 Å². The van der Waals surface area contributed by atoms with Gasteiger partial charge in [-0.1, -0.05) is 56.5 Å². The van der Waals surface area contributed by atoms with Crippen LogP contribution in [0.2, 0.25) is 5.02 Å². The molecule has 2 aromatic carbocycles. The molecule has 4 nitrogen and oxygen atoms in total. The van der Waals surface area contributed by atoms with Crippen LogP contribution in [-0.2, 0) is 10.0 Å². The van der Waals surface area contributed by atoms with Crippen LogP contribution in [0, 0.1) is 11.3 Å². The van der Waals surface area contributed by atoms with Crippen molar-refractivity contribution < 1.29 is 8.42 Å². The van der Waals surface area contributed by atoms with E-state index in [-0.39, 0.29) is 10.9 Å². The smallest absolute Gasteiger partial charge is 0.208 e. The minimum atomic E-state index is -3.56. The van der Waals surface area contributed by atoms with Gasteiger partial charge in [0.25, 0.3) is 0 Å². The van der Waals surface area contributed by atoms with Crippen molar-refractivity contribution in [2.75, 3.05) is 0 Å². The van der Waals surface area contributed by atoms with Gasteiger partial charge >= 0.3 is 0 Å². The first-order valence-corrected chi connectivity index (χ1v) is 10.6. The molecule has 0 aliphatic rings. The topological polar surface area (TPSA) is 70.0 Å². The number of sulfonamides is 1. The van der Waals surface area contributed by atoms with Crippen molar-refractivity contribution in [1.29, 1.82) is 5.26 Å². The summed E-state index contributed by atoms with van der Waals surface area (Å²) in [5.74, 6) is 0. The van der Waals surface area contributed by atoms with Crippen molar-refractivity contribution in [2.45, 2.75) is 50.5 Å². The zero-order chi connectivity index (χ0) is 19.2. The van der Waals surface area contributed by atoms with E-state index in [0.717, 1.165) is 36.8 Å². The predicted octanol–water partition coefficient (Wildman–Crippen LogP) is 5.13. The molecular formula is C20H23ClN2O2S. The van der Waals surface area contributed by atoms with E-state index in [2.05, 4.69) is 10.8 Å². The summed E-state index contributed by atoms with van der Waals surface area (Å²) in [6.07, 6.45) is 3.50. The molecule has 138 valence electrons. The number of nitrogens with one attached hydrogen (secondary N) is 1. The first-order valence-electron chi connectivity index (χ1n) is 8.73. The Labute approximate surface area is 160 Å². The Hall–Kier alpha value is -1.87. The van der Waals surface area contributed by atoms with Crippen LogP contribution in [0.1, 0.15) is 45.1 Å². The summed E-state index contributed by atoms with van der Waals surface area (Å²) in [5, 5.41) is 9.77. The Morgan fingerprint density at radius 2 is 1.69 bits per heavy atom. The average molecular weight is 391 g/mol. The molecule has 26 heavy (non-hydrogen) atoms. The largest absolute Gasteiger partial charge is 0.240 e. The molecule has 0 bridgehead atoms. The molecule has 0 amide bonds. The van der Waals surface area contributed by atoms with Gasteiger partial charge in [0.05, 0.1) is 16.5 Å². The van der Waals surface area contributed by atoms with Crippen LogP contribution in [0.5, 0.6) is 0 Å². The normalized spacial score (nSPS) is 11.5. The fraction of sp³-hybridized carbons (Fsp3) is 0.350. The van der Waals surface area contributed by atoms with Gasteiger partial charge in [0.2, 0.25) is 10.0 Å². The lowest BCUT2D eigenvalue weighted by atomic mass is 10.0. The van der Waals surface area contributed by atoms with Crippen LogP contribution in [0.15, 0.2) is 47.4 Å². The highest BCUT2D eigenvalue weighted by Gasteiger charge is 2.19. The molecule has 0 heterocycles. The number of nitrogens with zero attached hydrogens (tertiary/aromatic N) is 1. The van der Waals surface area contributed by atoms with Crippen molar-refractivity contribution in [1.82, 2.24) is 4.72 Å². The van der Waals surface area contributed by atoms with Gasteiger partial charge in [-0.3, -0.25) is 0 Å². The second kappa shape index (κ2) is 9.18. The van der Waals surface area contributed by atoms with E-state index in [9.17, 15) is 13.7 Å². The Morgan fingerprint density at radius 3 is 2.23 bits per heavy atom. The number of benzene rings is 2. The quantitative estimate of drug-likeness (QED) is 0.679. The van der Waals surface area contributed by atoms with E-state index in [4.69, 9.17) is 11.6 Å². The van der Waals surface area contributed by atoms with Gasteiger partial charge in [0.15, 0.2) is 0 Å². The highest BCUT2D eigenvalue weighted by Crippen LogP contribution is 2.27. The summed E-state index contributed by atoms with van der Waals surface area (Å²) in [5.41, 5.74) is 1.96. The predicted molar refractivity (Wildman–Crippen MR) is 106 cm³/mol. The van der Waals surface area contributed by atoms with Crippen molar-refractivity contribution >= 4 is 21.6 Å². The Morgan fingerprint density at radius 1 is 1.08 bits per heavy atom. The molecule has 2 rings (SSSR count). The average Bonchev–Trinajstić information content (AvgIpc) is 2.62. The molecule has 0 saturated carbocycles. The molecule has 0 saturated heterocycles. The minimum absolute atomic E-state index is 0.0452. The number of rotatable bonds is 8. The Balaban J connectivity index is 2.27. The Kier molecular flexibility index (Phi) is 7.22. The maximum atomic E-state index is 12.6. The van der Waals surface area contributed by atoms with Gasteiger partial charge in [-0.15, -0.1) is 0 Å². The van der Waals surface area contributed by atoms with Crippen LogP contribution in [0.4, 0.5) is 0 Å². The van der Waals surface area contributed by atoms with Gasteiger partial charge in [-0.05, 0) is 48.2 Å². The van der Waals surface area contributed by atoms with Crippen molar-refractivity contribution in [3.8, 4) is 17.2 Å². The first-order chi connectivity index (χ1) is 12.4. The molecule has 0 fully saturated rings. The molecule has 0 unspecified atom stereocenters. The third-order valence-electron chi connectivity index (χ3n) is 4.17. The fourth-order valence-corrected chi connectivity index (χ4v) is 4.40. The van der Waals surface area contributed by atoms with Gasteiger partial charge in [-0.2, -0.15) is 5.26 Å². The van der Waals surface area contributed by atoms with E-state index in [0.29, 0.717) is 10.6 Å². The van der Waals surface area contributed by atoms with Crippen LogP contribution >= 0.6 is 11.6 Å². The monoisotopic (exact) mass is 390 g/mol. The van der Waals surface area contributed by atoms with Crippen molar-refractivity contribution in [3.63, 3.8) is 0 Å². The molecule has 6 heteroatoms. The number of halogens is 1. The number of hydrogen-bond donors (Lipinski definition) is 1. The highest BCUT2D eigenvalue weighted by atomic mass is 35.5. The van der Waals surface area contributed by atoms with Gasteiger partial charge in [0, 0.05) is 11.1 Å². The first kappa shape index (κ1) is 20.4. The number of nitriles is 1. The van der Waals surface area contributed by atoms with Crippen LogP contribution < -0.4 is 4.72 Å². The standard InChI is InChI=1S/C20H23ClN2O2S/c1-3-5-18(6-4-2)23-26(24,25)19-10-7-15(8-11-19)20-12-9-17(21)13-16(20)14-22/h7-13,18,23H,3-6H2,1-2H3. The van der Waals surface area contributed by atoms with Crippen LogP contribution in [0.3, 0.4) is 0 Å². The lowest BCUT2D eigenvalue weighted by Gasteiger charge is -2.17. The summed E-state index contributed by atoms with van der Waals surface area (Å²) in [7, 11) is -3.56. The van der Waals surface area contributed by atoms with E-state index in [1.165, 1.54) is 0 Å². The molecule has 2 aromatic rings. The highest BCUT2D eigenvalue weighted by molar-refractivity contribution is 7.89. The molecule has 0 atom stereocenters. The zero-order valence-corrected chi connectivity index (χ0v) is 16.6. The molecule has 0 spiro atoms. The van der Waals surface area contributed by atoms with Gasteiger partial charge in [0.1, 0.15) is 0 Å². The summed E-state index contributed by atoms with van der Waals surface area (Å²) >= 11 is 5.93. The second-order valence-corrected chi connectivity index (χ2v) is 8.37. The molecular weight excluding hydrogens is 368 g/mol. The fourth-order valence-electron chi connectivity index (χ4n) is 2.92. The van der Waals surface area contributed by atoms with E-state index in [1.807, 2.05) is 13.8 Å². The van der Waals surface area contributed by atoms with E-state index >= 15 is 0 Å². The van der Waals surface area contributed by atoms with Gasteiger partial charge in [-0.25, -0.2) is 13.1 Å². The lowest BCUT2D eigenvalue weighted by molar-refractivity contribution is 0.494. The van der Waals surface area contributed by atoms with E-state index < -0.39 is 10.0 Å². The zero-order valence-electron chi connectivity index (χ0n) is 15.0. The Bertz CT molecular complexity index is 881. The van der Waals surface area contributed by atoms with Crippen molar-refractivity contribution in [3.05, 3.63) is 53.1 Å². The molecule has 0 aliphatic carbocycles. The maximum Gasteiger partial charge on any atom is 0.240 e. The second-order valence-electron chi connectivity index (χ2n) is 6.22. The third kappa shape index (κ3) is 5.07. The van der Waals surface area contributed by atoms with E-state index in [1.54, 1.807) is 42.5 Å². The number of hydrogen-bond acceptors (Lipinski definition) is 3. The third-order valence-corrected chi connectivity index (χ3v) is 5.95. The minimum Gasteiger partial charge on any atom is -0.208 e. The molecule has 0 radical (unpaired) electrons. The summed E-state index contributed by atoms with van der Waals surface area (Å²) < 4.78 is 28.1. The molecule has 1 N–H and O–H groups in total. The lowest BCUT2D eigenvalue weighted by Crippen LogP contribution is -2.34. The summed E-state index contributed by atoms with van der Waals surface area (Å²) in [4.78, 5) is 0.228. The molecule has 0 aliphatic heterocycles. The SMILES string of the molecule is CCCC(CCC)NS(=O)(=O)c1ccc(-c2ccc(Cl)cc2C#N)cc1. The van der Waals surface area contributed by atoms with Gasteiger partial charge < -0.3 is 0 Å². The summed E-state index contributed by atoms with van der Waals surface area (Å²) in [6, 6.07) is 13.7. The summed E-state index contributed by atoms with van der Waals surface area (Å²) in [6.45, 7) is 4.09.